The zero-order chi connectivity index (χ0) is 22.6. The van der Waals surface area contributed by atoms with Crippen LogP contribution in [0.1, 0.15) is 18.4 Å². The quantitative estimate of drug-likeness (QED) is 0.417. The molecule has 164 valence electrons. The fourth-order valence-electron chi connectivity index (χ4n) is 3.04. The molecule has 0 saturated carbocycles. The lowest BCUT2D eigenvalue weighted by atomic mass is 10.2. The fraction of sp³-hybridized carbons (Fsp3) is 0.136. The van der Waals surface area contributed by atoms with Gasteiger partial charge in [-0.25, -0.2) is 8.42 Å². The Balaban J connectivity index is 1.63. The molecular formula is C22H20N4O4S2. The molecule has 0 spiro atoms. The van der Waals surface area contributed by atoms with E-state index in [-0.39, 0.29) is 29.8 Å². The van der Waals surface area contributed by atoms with Crippen molar-refractivity contribution >= 4 is 33.0 Å². The van der Waals surface area contributed by atoms with E-state index in [1.165, 1.54) is 34.7 Å². The first-order chi connectivity index (χ1) is 15.4. The molecule has 1 amide bonds. The Hall–Kier alpha value is -3.34. The molecule has 0 aliphatic rings. The second-order valence-electron chi connectivity index (χ2n) is 6.94. The molecule has 0 aliphatic heterocycles. The molecule has 0 atom stereocenters. The summed E-state index contributed by atoms with van der Waals surface area (Å²) in [4.78, 5) is 12.1. The first-order valence-electron chi connectivity index (χ1n) is 9.70. The fourth-order valence-corrected chi connectivity index (χ4v) is 5.07. The molecule has 0 unspecified atom stereocenters. The van der Waals surface area contributed by atoms with E-state index >= 15 is 0 Å². The Labute approximate surface area is 189 Å². The first-order valence-corrected chi connectivity index (χ1v) is 12.0. The van der Waals surface area contributed by atoms with Crippen LogP contribution < -0.4 is 5.32 Å². The van der Waals surface area contributed by atoms with Crippen molar-refractivity contribution in [3.8, 4) is 10.8 Å². The summed E-state index contributed by atoms with van der Waals surface area (Å²) in [7, 11) is -3.89. The Morgan fingerprint density at radius 2 is 1.75 bits per heavy atom. The van der Waals surface area contributed by atoms with Gasteiger partial charge in [-0.3, -0.25) is 4.79 Å². The number of rotatable bonds is 8. The maximum atomic E-state index is 13.5. The van der Waals surface area contributed by atoms with Crippen molar-refractivity contribution in [1.29, 1.82) is 0 Å². The van der Waals surface area contributed by atoms with Crippen LogP contribution in [0.3, 0.4) is 0 Å². The van der Waals surface area contributed by atoms with E-state index in [0.29, 0.717) is 11.6 Å². The smallest absolute Gasteiger partial charge is 0.257 e. The van der Waals surface area contributed by atoms with Crippen molar-refractivity contribution in [2.24, 2.45) is 0 Å². The molecule has 4 aromatic rings. The van der Waals surface area contributed by atoms with Crippen LogP contribution >= 0.6 is 11.3 Å². The minimum absolute atomic E-state index is 0.0803. The molecule has 2 aromatic heterocycles. The number of thiophene rings is 1. The molecule has 2 heterocycles. The Kier molecular flexibility index (Phi) is 6.45. The van der Waals surface area contributed by atoms with Crippen LogP contribution in [0.15, 0.2) is 81.4 Å². The zero-order valence-electron chi connectivity index (χ0n) is 17.1. The minimum atomic E-state index is -3.89. The van der Waals surface area contributed by atoms with Crippen molar-refractivity contribution < 1.29 is 17.6 Å². The predicted octanol–water partition coefficient (Wildman–Crippen LogP) is 4.15. The van der Waals surface area contributed by atoms with E-state index < -0.39 is 10.0 Å². The lowest BCUT2D eigenvalue weighted by Gasteiger charge is -2.21. The number of nitrogens with one attached hydrogen (secondary N) is 1. The van der Waals surface area contributed by atoms with Crippen LogP contribution in [0.4, 0.5) is 5.69 Å². The molecule has 0 aliphatic carbocycles. The van der Waals surface area contributed by atoms with Gasteiger partial charge in [0.05, 0.1) is 16.3 Å². The monoisotopic (exact) mass is 468 g/mol. The number of benzene rings is 2. The van der Waals surface area contributed by atoms with Gasteiger partial charge in [0, 0.05) is 19.2 Å². The van der Waals surface area contributed by atoms with Crippen LogP contribution in [0.2, 0.25) is 0 Å². The number of anilines is 1. The predicted molar refractivity (Wildman–Crippen MR) is 121 cm³/mol. The summed E-state index contributed by atoms with van der Waals surface area (Å²) in [6, 6.07) is 19.0. The number of carbonyl (C=O) groups excluding carboxylic acids is 1. The van der Waals surface area contributed by atoms with Gasteiger partial charge in [0.2, 0.25) is 21.8 Å². The molecule has 1 N–H and O–H groups in total. The molecule has 0 bridgehead atoms. The molecule has 0 saturated heterocycles. The molecule has 10 heteroatoms. The van der Waals surface area contributed by atoms with Crippen molar-refractivity contribution in [2.75, 3.05) is 5.32 Å². The van der Waals surface area contributed by atoms with Gasteiger partial charge >= 0.3 is 0 Å². The van der Waals surface area contributed by atoms with E-state index in [2.05, 4.69) is 15.5 Å². The highest BCUT2D eigenvalue weighted by molar-refractivity contribution is 7.89. The minimum Gasteiger partial charge on any atom is -0.418 e. The topological polar surface area (TPSA) is 105 Å². The zero-order valence-corrected chi connectivity index (χ0v) is 18.8. The molecule has 0 fully saturated rings. The number of nitrogens with zero attached hydrogens (tertiary/aromatic N) is 3. The molecule has 2 aromatic carbocycles. The van der Waals surface area contributed by atoms with Gasteiger partial charge in [0.15, 0.2) is 0 Å². The molecule has 0 radical (unpaired) electrons. The summed E-state index contributed by atoms with van der Waals surface area (Å²) in [6.07, 6.45) is 0. The number of hydrogen-bond acceptors (Lipinski definition) is 7. The number of aromatic nitrogens is 2. The van der Waals surface area contributed by atoms with Gasteiger partial charge < -0.3 is 9.73 Å². The van der Waals surface area contributed by atoms with Gasteiger partial charge in [-0.15, -0.1) is 21.5 Å². The van der Waals surface area contributed by atoms with Gasteiger partial charge in [-0.05, 0) is 41.3 Å². The summed E-state index contributed by atoms with van der Waals surface area (Å²) in [5.74, 6) is 0.318. The summed E-state index contributed by atoms with van der Waals surface area (Å²) in [5, 5.41) is 12.6. The highest BCUT2D eigenvalue weighted by Crippen LogP contribution is 2.26. The van der Waals surface area contributed by atoms with Crippen LogP contribution in [0.25, 0.3) is 10.8 Å². The third-order valence-electron chi connectivity index (χ3n) is 4.52. The van der Waals surface area contributed by atoms with Gasteiger partial charge in [-0.1, -0.05) is 36.4 Å². The van der Waals surface area contributed by atoms with E-state index in [1.54, 1.807) is 12.1 Å². The average molecular weight is 469 g/mol. The normalized spacial score (nSPS) is 11.6. The SMILES string of the molecule is CC(=O)Nc1ccc(S(=O)(=O)N(Cc2ccccc2)Cc2nnc(-c3cccs3)o2)cc1. The second kappa shape index (κ2) is 9.43. The Bertz CT molecular complexity index is 1290. The third-order valence-corrected chi connectivity index (χ3v) is 7.19. The maximum absolute atomic E-state index is 13.5. The van der Waals surface area contributed by atoms with Crippen LogP contribution in [-0.4, -0.2) is 28.8 Å². The number of carbonyl (C=O) groups is 1. The van der Waals surface area contributed by atoms with Crippen molar-refractivity contribution in [1.82, 2.24) is 14.5 Å². The van der Waals surface area contributed by atoms with E-state index in [0.717, 1.165) is 10.4 Å². The molecule has 8 nitrogen and oxygen atoms in total. The molecule has 32 heavy (non-hydrogen) atoms. The highest BCUT2D eigenvalue weighted by Gasteiger charge is 2.27. The summed E-state index contributed by atoms with van der Waals surface area (Å²) >= 11 is 1.46. The molecule has 4 rings (SSSR count). The Morgan fingerprint density at radius 3 is 2.41 bits per heavy atom. The van der Waals surface area contributed by atoms with E-state index in [1.807, 2.05) is 47.8 Å². The second-order valence-corrected chi connectivity index (χ2v) is 9.83. The maximum Gasteiger partial charge on any atom is 0.257 e. The summed E-state index contributed by atoms with van der Waals surface area (Å²) in [6.45, 7) is 1.44. The average Bonchev–Trinajstić information content (AvgIpc) is 3.46. The van der Waals surface area contributed by atoms with Gasteiger partial charge in [0.1, 0.15) is 0 Å². The van der Waals surface area contributed by atoms with Crippen LogP contribution in [0, 0.1) is 0 Å². The number of hydrogen-bond donors (Lipinski definition) is 1. The highest BCUT2D eigenvalue weighted by atomic mass is 32.2. The lowest BCUT2D eigenvalue weighted by Crippen LogP contribution is -2.30. The van der Waals surface area contributed by atoms with E-state index in [9.17, 15) is 13.2 Å². The molecular weight excluding hydrogens is 448 g/mol. The van der Waals surface area contributed by atoms with Crippen LogP contribution in [0.5, 0.6) is 0 Å². The van der Waals surface area contributed by atoms with Crippen molar-refractivity contribution in [3.05, 3.63) is 83.6 Å². The largest absolute Gasteiger partial charge is 0.418 e. The Morgan fingerprint density at radius 1 is 1.00 bits per heavy atom. The van der Waals surface area contributed by atoms with E-state index in [4.69, 9.17) is 4.42 Å². The number of sulfonamides is 1. The van der Waals surface area contributed by atoms with Gasteiger partial charge in [0.25, 0.3) is 5.89 Å². The standard InChI is InChI=1S/C22H20N4O4S2/c1-16(27)23-18-9-11-19(12-10-18)32(28,29)26(14-17-6-3-2-4-7-17)15-21-24-25-22(30-21)20-8-5-13-31-20/h2-13H,14-15H2,1H3,(H,23,27). The third kappa shape index (κ3) is 5.10. The van der Waals surface area contributed by atoms with Gasteiger partial charge in [-0.2, -0.15) is 4.31 Å². The number of amides is 1. The van der Waals surface area contributed by atoms with Crippen molar-refractivity contribution in [2.45, 2.75) is 24.9 Å². The lowest BCUT2D eigenvalue weighted by molar-refractivity contribution is -0.114. The summed E-state index contributed by atoms with van der Waals surface area (Å²) in [5.41, 5.74) is 1.34. The first kappa shape index (κ1) is 21.9. The van der Waals surface area contributed by atoms with Crippen LogP contribution in [-0.2, 0) is 27.9 Å². The summed E-state index contributed by atoms with van der Waals surface area (Å²) < 4.78 is 33.9. The van der Waals surface area contributed by atoms with Crippen molar-refractivity contribution in [3.63, 3.8) is 0 Å².